The van der Waals surface area contributed by atoms with Crippen molar-refractivity contribution in [3.8, 4) is 11.5 Å². The largest absolute Gasteiger partial charge is 0.481 e. The minimum Gasteiger partial charge on any atom is -0.481 e. The Labute approximate surface area is 190 Å². The van der Waals surface area contributed by atoms with Gasteiger partial charge in [-0.2, -0.15) is 0 Å². The molecule has 0 spiro atoms. The number of ether oxygens (including phenoxy) is 2. The molecule has 1 amide bonds. The van der Waals surface area contributed by atoms with Gasteiger partial charge in [0.2, 0.25) is 6.79 Å². The molecule has 2 aromatic rings. The second kappa shape index (κ2) is 8.84. The monoisotopic (exact) mass is 452 g/mol. The van der Waals surface area contributed by atoms with Gasteiger partial charge in [0, 0.05) is 37.3 Å². The van der Waals surface area contributed by atoms with E-state index in [4.69, 9.17) is 9.47 Å². The summed E-state index contributed by atoms with van der Waals surface area (Å²) in [6.07, 6.45) is 1.91. The van der Waals surface area contributed by atoms with E-state index in [9.17, 15) is 19.1 Å². The fourth-order valence-electron chi connectivity index (χ4n) is 5.07. The number of hydrogen-bond acceptors (Lipinski definition) is 5. The molecule has 5 rings (SSSR count). The zero-order valence-corrected chi connectivity index (χ0v) is 18.1. The lowest BCUT2D eigenvalue weighted by Crippen LogP contribution is -2.45. The van der Waals surface area contributed by atoms with E-state index in [2.05, 4.69) is 4.99 Å². The summed E-state index contributed by atoms with van der Waals surface area (Å²) in [5.41, 5.74) is 3.24. The van der Waals surface area contributed by atoms with Crippen LogP contribution in [0, 0.1) is 17.7 Å². The van der Waals surface area contributed by atoms with E-state index in [0.717, 1.165) is 16.8 Å². The molecule has 2 unspecified atom stereocenters. The Balaban J connectivity index is 1.36. The molecule has 0 aromatic heterocycles. The minimum atomic E-state index is -0.839. The fraction of sp³-hybridized carbons (Fsp3) is 0.400. The van der Waals surface area contributed by atoms with E-state index >= 15 is 0 Å². The molecule has 0 radical (unpaired) electrons. The predicted octanol–water partition coefficient (Wildman–Crippen LogP) is 3.54. The molecule has 2 aromatic carbocycles. The van der Waals surface area contributed by atoms with Crippen LogP contribution in [0.1, 0.15) is 40.7 Å². The van der Waals surface area contributed by atoms with Crippen molar-refractivity contribution < 1.29 is 28.6 Å². The van der Waals surface area contributed by atoms with Crippen LogP contribution in [0.2, 0.25) is 0 Å². The molecule has 3 aliphatic heterocycles. The Kier molecular flexibility index (Phi) is 5.74. The van der Waals surface area contributed by atoms with Crippen molar-refractivity contribution in [2.24, 2.45) is 16.8 Å². The molecule has 3 aliphatic rings. The van der Waals surface area contributed by atoms with Crippen molar-refractivity contribution in [1.29, 1.82) is 0 Å². The van der Waals surface area contributed by atoms with Gasteiger partial charge < -0.3 is 19.5 Å². The molecule has 1 N–H and O–H groups in total. The summed E-state index contributed by atoms with van der Waals surface area (Å²) in [7, 11) is 0. The first-order valence-corrected chi connectivity index (χ1v) is 11.2. The number of halogens is 1. The SMILES string of the molecule is O=C(O)CC1CCN(C(=O)c2ccc3c(c2)OCO3)CC1CC1=NCCc2cc(F)ccc21. The van der Waals surface area contributed by atoms with Crippen LogP contribution >= 0.6 is 0 Å². The van der Waals surface area contributed by atoms with Crippen molar-refractivity contribution in [3.63, 3.8) is 0 Å². The highest BCUT2D eigenvalue weighted by atomic mass is 19.1. The molecular formula is C25H25FN2O5. The normalized spacial score (nSPS) is 21.4. The van der Waals surface area contributed by atoms with Crippen molar-refractivity contribution in [1.82, 2.24) is 4.90 Å². The maximum absolute atomic E-state index is 13.7. The van der Waals surface area contributed by atoms with Gasteiger partial charge in [0.25, 0.3) is 5.91 Å². The van der Waals surface area contributed by atoms with Crippen LogP contribution in [0.3, 0.4) is 0 Å². The Morgan fingerprint density at radius 2 is 1.97 bits per heavy atom. The predicted molar refractivity (Wildman–Crippen MR) is 118 cm³/mol. The van der Waals surface area contributed by atoms with Crippen molar-refractivity contribution in [2.75, 3.05) is 26.4 Å². The van der Waals surface area contributed by atoms with Gasteiger partial charge in [-0.25, -0.2) is 4.39 Å². The number of nitrogens with zero attached hydrogens (tertiary/aromatic N) is 2. The highest BCUT2D eigenvalue weighted by Gasteiger charge is 2.35. The number of carboxylic acids is 1. The molecule has 0 saturated carbocycles. The van der Waals surface area contributed by atoms with Gasteiger partial charge in [0.05, 0.1) is 0 Å². The molecular weight excluding hydrogens is 427 g/mol. The minimum absolute atomic E-state index is 0.0532. The van der Waals surface area contributed by atoms with E-state index in [1.807, 2.05) is 0 Å². The van der Waals surface area contributed by atoms with Gasteiger partial charge in [-0.15, -0.1) is 0 Å². The summed E-state index contributed by atoms with van der Waals surface area (Å²) in [5.74, 6) is -0.154. The van der Waals surface area contributed by atoms with E-state index < -0.39 is 5.97 Å². The van der Waals surface area contributed by atoms with Crippen LogP contribution < -0.4 is 9.47 Å². The van der Waals surface area contributed by atoms with E-state index in [1.165, 1.54) is 6.07 Å². The number of hydrogen-bond donors (Lipinski definition) is 1. The molecule has 7 nitrogen and oxygen atoms in total. The molecule has 1 saturated heterocycles. The van der Waals surface area contributed by atoms with Gasteiger partial charge in [-0.3, -0.25) is 14.6 Å². The van der Waals surface area contributed by atoms with Crippen LogP contribution in [-0.4, -0.2) is 54.0 Å². The summed E-state index contributed by atoms with van der Waals surface area (Å²) in [6.45, 7) is 1.67. The van der Waals surface area contributed by atoms with E-state index in [0.29, 0.717) is 56.0 Å². The summed E-state index contributed by atoms with van der Waals surface area (Å²) in [5, 5.41) is 9.44. The fourth-order valence-corrected chi connectivity index (χ4v) is 5.07. The lowest BCUT2D eigenvalue weighted by molar-refractivity contribution is -0.138. The second-order valence-corrected chi connectivity index (χ2v) is 8.81. The number of carboxylic acid groups (broad SMARTS) is 1. The van der Waals surface area contributed by atoms with Crippen molar-refractivity contribution in [2.45, 2.75) is 25.7 Å². The van der Waals surface area contributed by atoms with Gasteiger partial charge >= 0.3 is 5.97 Å². The van der Waals surface area contributed by atoms with Crippen molar-refractivity contribution >= 4 is 17.6 Å². The first kappa shape index (κ1) is 21.4. The quantitative estimate of drug-likeness (QED) is 0.750. The number of benzene rings is 2. The number of likely N-dealkylation sites (tertiary alicyclic amines) is 1. The van der Waals surface area contributed by atoms with Gasteiger partial charge in [0.15, 0.2) is 11.5 Å². The van der Waals surface area contributed by atoms with Crippen LogP contribution in [0.25, 0.3) is 0 Å². The van der Waals surface area contributed by atoms with Gasteiger partial charge in [0.1, 0.15) is 5.82 Å². The molecule has 1 fully saturated rings. The first-order chi connectivity index (χ1) is 16.0. The Morgan fingerprint density at radius 1 is 1.12 bits per heavy atom. The third kappa shape index (κ3) is 4.42. The van der Waals surface area contributed by atoms with Gasteiger partial charge in [-0.05, 0) is 78.6 Å². The number of aliphatic imine (C=N–C) groups is 1. The third-order valence-electron chi connectivity index (χ3n) is 6.75. The molecule has 3 heterocycles. The molecule has 0 bridgehead atoms. The Hall–Kier alpha value is -3.42. The van der Waals surface area contributed by atoms with Crippen LogP contribution in [0.5, 0.6) is 11.5 Å². The maximum Gasteiger partial charge on any atom is 0.303 e. The first-order valence-electron chi connectivity index (χ1n) is 11.2. The average Bonchev–Trinajstić information content (AvgIpc) is 3.27. The van der Waals surface area contributed by atoms with E-state index in [1.54, 1.807) is 35.2 Å². The number of rotatable bonds is 5. The molecule has 0 aliphatic carbocycles. The third-order valence-corrected chi connectivity index (χ3v) is 6.75. The second-order valence-electron chi connectivity index (χ2n) is 8.81. The highest BCUT2D eigenvalue weighted by molar-refractivity contribution is 6.03. The summed E-state index contributed by atoms with van der Waals surface area (Å²) in [4.78, 5) is 31.2. The number of piperidine rings is 1. The topological polar surface area (TPSA) is 88.4 Å². The maximum atomic E-state index is 13.7. The molecule has 172 valence electrons. The number of aliphatic carboxylic acids is 1. The van der Waals surface area contributed by atoms with Crippen LogP contribution in [0.15, 0.2) is 41.4 Å². The zero-order chi connectivity index (χ0) is 22.9. The standard InChI is InChI=1S/C25H25FN2O5/c26-19-2-3-20-16(9-19)5-7-27-21(20)10-18-13-28(8-6-15(18)12-24(29)30)25(31)17-1-4-22-23(11-17)33-14-32-22/h1-4,9,11,15,18H,5-8,10,12-14H2,(H,29,30). The average molecular weight is 452 g/mol. The lowest BCUT2D eigenvalue weighted by Gasteiger charge is -2.39. The zero-order valence-electron chi connectivity index (χ0n) is 18.1. The number of carbonyl (C=O) groups is 2. The summed E-state index contributed by atoms with van der Waals surface area (Å²) in [6, 6.07) is 9.90. The van der Waals surface area contributed by atoms with Gasteiger partial charge in [-0.1, -0.05) is 0 Å². The molecule has 8 heteroatoms. The summed E-state index contributed by atoms with van der Waals surface area (Å²) < 4.78 is 24.4. The molecule has 33 heavy (non-hydrogen) atoms. The number of amides is 1. The van der Waals surface area contributed by atoms with Crippen LogP contribution in [0.4, 0.5) is 4.39 Å². The van der Waals surface area contributed by atoms with Crippen LogP contribution in [-0.2, 0) is 11.2 Å². The Morgan fingerprint density at radius 3 is 2.82 bits per heavy atom. The highest BCUT2D eigenvalue weighted by Crippen LogP contribution is 2.35. The Bertz CT molecular complexity index is 1130. The number of carbonyl (C=O) groups excluding carboxylic acids is 1. The van der Waals surface area contributed by atoms with E-state index in [-0.39, 0.29) is 36.8 Å². The summed E-state index contributed by atoms with van der Waals surface area (Å²) >= 11 is 0. The number of fused-ring (bicyclic) bond motifs is 2. The smallest absolute Gasteiger partial charge is 0.303 e. The van der Waals surface area contributed by atoms with Crippen molar-refractivity contribution in [3.05, 3.63) is 58.9 Å². The molecule has 2 atom stereocenters. The lowest BCUT2D eigenvalue weighted by atomic mass is 9.78.